The predicted octanol–water partition coefficient (Wildman–Crippen LogP) is 4.54. The summed E-state index contributed by atoms with van der Waals surface area (Å²) in [4.78, 5) is 12.6. The number of aryl methyl sites for hydroxylation is 1. The Hall–Kier alpha value is -3.16. The number of sulfonamides is 1. The second kappa shape index (κ2) is 11.1. The molecule has 0 radical (unpaired) electrons. The van der Waals surface area contributed by atoms with E-state index in [0.29, 0.717) is 12.8 Å². The summed E-state index contributed by atoms with van der Waals surface area (Å²) >= 11 is 0. The lowest BCUT2D eigenvalue weighted by molar-refractivity contribution is -0.121. The van der Waals surface area contributed by atoms with E-state index >= 15 is 0 Å². The third-order valence-corrected chi connectivity index (χ3v) is 7.06. The molecule has 3 aromatic carbocycles. The van der Waals surface area contributed by atoms with Gasteiger partial charge in [-0.25, -0.2) is 13.1 Å². The number of amides is 1. The summed E-state index contributed by atoms with van der Waals surface area (Å²) in [6, 6.07) is 23.2. The average molecular weight is 467 g/mol. The number of nitrogens with one attached hydrogen (secondary N) is 2. The SMILES string of the molecule is COc1ccc([C@@H](C)NC(=O)CCc2ccc(S(=O)(=O)N[C@@H](C)c3ccccc3)cc2)cc1. The van der Waals surface area contributed by atoms with Crippen LogP contribution in [0.2, 0.25) is 0 Å². The van der Waals surface area contributed by atoms with Crippen molar-refractivity contribution < 1.29 is 17.9 Å². The lowest BCUT2D eigenvalue weighted by Crippen LogP contribution is -2.27. The van der Waals surface area contributed by atoms with Gasteiger partial charge in [-0.1, -0.05) is 54.6 Å². The number of hydrogen-bond acceptors (Lipinski definition) is 4. The minimum Gasteiger partial charge on any atom is -0.497 e. The van der Waals surface area contributed by atoms with Gasteiger partial charge in [0.2, 0.25) is 15.9 Å². The third-order valence-electron chi connectivity index (χ3n) is 5.50. The number of hydrogen-bond donors (Lipinski definition) is 2. The Morgan fingerprint density at radius 3 is 2.06 bits per heavy atom. The van der Waals surface area contributed by atoms with Crippen LogP contribution in [0.1, 0.15) is 49.0 Å². The van der Waals surface area contributed by atoms with Crippen LogP contribution in [0.5, 0.6) is 5.75 Å². The standard InChI is InChI=1S/C26H30N2O4S/c1-19(23-12-14-24(32-3)15-13-23)27-26(29)18-11-21-9-16-25(17-10-21)33(30,31)28-20(2)22-7-5-4-6-8-22/h4-10,12-17,19-20,28H,11,18H2,1-3H3,(H,27,29)/t19-,20+/m1/s1. The molecule has 6 nitrogen and oxygen atoms in total. The topological polar surface area (TPSA) is 84.5 Å². The van der Waals surface area contributed by atoms with Gasteiger partial charge in [0.05, 0.1) is 18.0 Å². The maximum atomic E-state index is 12.7. The lowest BCUT2D eigenvalue weighted by atomic mass is 10.1. The molecule has 0 aliphatic heterocycles. The predicted molar refractivity (Wildman–Crippen MR) is 129 cm³/mol. The first-order valence-electron chi connectivity index (χ1n) is 10.9. The highest BCUT2D eigenvalue weighted by molar-refractivity contribution is 7.89. The number of methoxy groups -OCH3 is 1. The molecule has 2 atom stereocenters. The Morgan fingerprint density at radius 1 is 0.848 bits per heavy atom. The van der Waals surface area contributed by atoms with Gasteiger partial charge in [0, 0.05) is 12.5 Å². The monoisotopic (exact) mass is 466 g/mol. The van der Waals surface area contributed by atoms with E-state index in [1.807, 2.05) is 68.4 Å². The van der Waals surface area contributed by atoms with Gasteiger partial charge in [0.25, 0.3) is 0 Å². The molecule has 3 aromatic rings. The van der Waals surface area contributed by atoms with Gasteiger partial charge in [0.1, 0.15) is 5.75 Å². The van der Waals surface area contributed by atoms with E-state index in [4.69, 9.17) is 4.74 Å². The van der Waals surface area contributed by atoms with E-state index < -0.39 is 10.0 Å². The van der Waals surface area contributed by atoms with Gasteiger partial charge in [-0.3, -0.25) is 4.79 Å². The fourth-order valence-electron chi connectivity index (χ4n) is 3.49. The molecule has 33 heavy (non-hydrogen) atoms. The Balaban J connectivity index is 1.52. The van der Waals surface area contributed by atoms with Crippen molar-refractivity contribution in [3.8, 4) is 5.75 Å². The molecule has 2 N–H and O–H groups in total. The summed E-state index contributed by atoms with van der Waals surface area (Å²) in [6.07, 6.45) is 0.839. The molecule has 0 aromatic heterocycles. The number of rotatable bonds is 10. The second-order valence-electron chi connectivity index (χ2n) is 7.96. The Kier molecular flexibility index (Phi) is 8.25. The second-order valence-corrected chi connectivity index (χ2v) is 9.67. The number of carbonyl (C=O) groups excluding carboxylic acids is 1. The maximum Gasteiger partial charge on any atom is 0.241 e. The molecule has 7 heteroatoms. The van der Waals surface area contributed by atoms with Crippen LogP contribution in [0, 0.1) is 0 Å². The van der Waals surface area contributed by atoms with E-state index in [9.17, 15) is 13.2 Å². The zero-order chi connectivity index (χ0) is 23.8. The van der Waals surface area contributed by atoms with Gasteiger partial charge < -0.3 is 10.1 Å². The summed E-state index contributed by atoms with van der Waals surface area (Å²) < 4.78 is 33.3. The van der Waals surface area contributed by atoms with Crippen LogP contribution < -0.4 is 14.8 Å². The molecular weight excluding hydrogens is 436 g/mol. The van der Waals surface area contributed by atoms with E-state index in [1.165, 1.54) is 0 Å². The summed E-state index contributed by atoms with van der Waals surface area (Å²) in [6.45, 7) is 3.75. The van der Waals surface area contributed by atoms with E-state index in [1.54, 1.807) is 31.4 Å². The van der Waals surface area contributed by atoms with E-state index in [2.05, 4.69) is 10.0 Å². The number of ether oxygens (including phenoxy) is 1. The minimum atomic E-state index is -3.65. The van der Waals surface area contributed by atoms with Gasteiger partial charge in [-0.15, -0.1) is 0 Å². The highest BCUT2D eigenvalue weighted by atomic mass is 32.2. The molecule has 0 aliphatic carbocycles. The Labute approximate surface area is 196 Å². The van der Waals surface area contributed by atoms with Crippen molar-refractivity contribution in [2.24, 2.45) is 0 Å². The van der Waals surface area contributed by atoms with Gasteiger partial charge in [-0.2, -0.15) is 0 Å². The van der Waals surface area contributed by atoms with Crippen LogP contribution in [0.25, 0.3) is 0 Å². The molecule has 0 heterocycles. The smallest absolute Gasteiger partial charge is 0.241 e. The summed E-state index contributed by atoms with van der Waals surface area (Å²) in [5.74, 6) is 0.709. The molecule has 0 saturated carbocycles. The normalized spacial score (nSPS) is 13.2. The van der Waals surface area contributed by atoms with Crippen molar-refractivity contribution >= 4 is 15.9 Å². The fraction of sp³-hybridized carbons (Fsp3) is 0.269. The van der Waals surface area contributed by atoms with Gasteiger partial charge in [-0.05, 0) is 61.2 Å². The Morgan fingerprint density at radius 2 is 1.45 bits per heavy atom. The van der Waals surface area contributed by atoms with Crippen molar-refractivity contribution in [2.45, 2.75) is 43.7 Å². The van der Waals surface area contributed by atoms with Crippen molar-refractivity contribution in [3.63, 3.8) is 0 Å². The molecule has 1 amide bonds. The zero-order valence-electron chi connectivity index (χ0n) is 19.1. The molecule has 0 aliphatic rings. The molecule has 0 saturated heterocycles. The van der Waals surface area contributed by atoms with Crippen LogP contribution in [0.3, 0.4) is 0 Å². The highest BCUT2D eigenvalue weighted by Gasteiger charge is 2.18. The molecule has 0 fully saturated rings. The number of benzene rings is 3. The molecule has 3 rings (SSSR count). The van der Waals surface area contributed by atoms with Crippen LogP contribution in [0.4, 0.5) is 0 Å². The molecule has 0 unspecified atom stereocenters. The minimum absolute atomic E-state index is 0.0617. The maximum absolute atomic E-state index is 12.7. The molecule has 0 bridgehead atoms. The quantitative estimate of drug-likeness (QED) is 0.459. The van der Waals surface area contributed by atoms with Crippen molar-refractivity contribution in [1.29, 1.82) is 0 Å². The van der Waals surface area contributed by atoms with E-state index in [-0.39, 0.29) is 22.9 Å². The van der Waals surface area contributed by atoms with Gasteiger partial charge in [0.15, 0.2) is 0 Å². The number of carbonyl (C=O) groups is 1. The highest BCUT2D eigenvalue weighted by Crippen LogP contribution is 2.19. The zero-order valence-corrected chi connectivity index (χ0v) is 19.9. The lowest BCUT2D eigenvalue weighted by Gasteiger charge is -2.15. The average Bonchev–Trinajstić information content (AvgIpc) is 2.83. The molecular formula is C26H30N2O4S. The summed E-state index contributed by atoms with van der Waals surface area (Å²) in [7, 11) is -2.03. The van der Waals surface area contributed by atoms with Crippen LogP contribution in [0.15, 0.2) is 83.8 Å². The summed E-state index contributed by atoms with van der Waals surface area (Å²) in [5.41, 5.74) is 2.79. The summed E-state index contributed by atoms with van der Waals surface area (Å²) in [5, 5.41) is 2.99. The third kappa shape index (κ3) is 6.91. The molecule has 0 spiro atoms. The fourth-order valence-corrected chi connectivity index (χ4v) is 4.73. The van der Waals surface area contributed by atoms with Crippen LogP contribution in [-0.4, -0.2) is 21.4 Å². The first kappa shape index (κ1) is 24.5. The van der Waals surface area contributed by atoms with Gasteiger partial charge >= 0.3 is 0 Å². The van der Waals surface area contributed by atoms with Crippen LogP contribution >= 0.6 is 0 Å². The molecule has 174 valence electrons. The first-order valence-corrected chi connectivity index (χ1v) is 12.4. The largest absolute Gasteiger partial charge is 0.497 e. The first-order chi connectivity index (χ1) is 15.8. The van der Waals surface area contributed by atoms with E-state index in [0.717, 1.165) is 22.4 Å². The van der Waals surface area contributed by atoms with Crippen molar-refractivity contribution in [3.05, 3.63) is 95.6 Å². The van der Waals surface area contributed by atoms with Crippen molar-refractivity contribution in [2.75, 3.05) is 7.11 Å². The Bertz CT molecular complexity index is 1150. The van der Waals surface area contributed by atoms with Crippen molar-refractivity contribution in [1.82, 2.24) is 10.0 Å². The van der Waals surface area contributed by atoms with Crippen LogP contribution in [-0.2, 0) is 21.2 Å².